The molecule has 19 heavy (non-hydrogen) atoms. The number of alkyl carbamates (subject to hydrolysis) is 1. The zero-order valence-corrected chi connectivity index (χ0v) is 11.6. The van der Waals surface area contributed by atoms with E-state index in [1.54, 1.807) is 0 Å². The van der Waals surface area contributed by atoms with Gasteiger partial charge >= 0.3 is 6.09 Å². The number of amides is 1. The SMILES string of the molecule is CC(CC1CCCC1)NC(=O)OCc1ccccc1. The van der Waals surface area contributed by atoms with E-state index in [9.17, 15) is 4.79 Å². The molecule has 0 radical (unpaired) electrons. The summed E-state index contributed by atoms with van der Waals surface area (Å²) in [5, 5.41) is 2.92. The van der Waals surface area contributed by atoms with Crippen molar-refractivity contribution in [3.05, 3.63) is 35.9 Å². The van der Waals surface area contributed by atoms with E-state index in [1.165, 1.54) is 25.7 Å². The first-order valence-corrected chi connectivity index (χ1v) is 7.21. The highest BCUT2D eigenvalue weighted by molar-refractivity contribution is 5.67. The third-order valence-corrected chi connectivity index (χ3v) is 3.74. The Kier molecular flexibility index (Phi) is 5.25. The van der Waals surface area contributed by atoms with Gasteiger partial charge in [-0.2, -0.15) is 0 Å². The van der Waals surface area contributed by atoms with Crippen LogP contribution in [-0.4, -0.2) is 12.1 Å². The van der Waals surface area contributed by atoms with Gasteiger partial charge in [-0.15, -0.1) is 0 Å². The zero-order chi connectivity index (χ0) is 13.5. The molecule has 1 unspecified atom stereocenters. The molecular weight excluding hydrogens is 238 g/mol. The Morgan fingerprint density at radius 1 is 1.32 bits per heavy atom. The van der Waals surface area contributed by atoms with Crippen molar-refractivity contribution in [2.75, 3.05) is 0 Å². The van der Waals surface area contributed by atoms with Gasteiger partial charge in [0.05, 0.1) is 0 Å². The molecule has 3 nitrogen and oxygen atoms in total. The summed E-state index contributed by atoms with van der Waals surface area (Å²) >= 11 is 0. The molecule has 1 saturated carbocycles. The lowest BCUT2D eigenvalue weighted by Gasteiger charge is -2.17. The number of hydrogen-bond acceptors (Lipinski definition) is 2. The molecule has 1 aliphatic rings. The van der Waals surface area contributed by atoms with Gasteiger partial charge in [0.2, 0.25) is 0 Å². The minimum atomic E-state index is -0.311. The predicted molar refractivity (Wildman–Crippen MR) is 75.8 cm³/mol. The Bertz CT molecular complexity index is 385. The molecule has 0 aliphatic heterocycles. The average molecular weight is 261 g/mol. The van der Waals surface area contributed by atoms with Gasteiger partial charge in [0.25, 0.3) is 0 Å². The summed E-state index contributed by atoms with van der Waals surface area (Å²) in [5.41, 5.74) is 1.01. The Morgan fingerprint density at radius 3 is 2.68 bits per heavy atom. The standard InChI is InChI=1S/C16H23NO2/c1-13(11-14-7-5-6-8-14)17-16(18)19-12-15-9-3-2-4-10-15/h2-4,9-10,13-14H,5-8,11-12H2,1H3,(H,17,18). The topological polar surface area (TPSA) is 38.3 Å². The quantitative estimate of drug-likeness (QED) is 0.873. The van der Waals surface area contributed by atoms with Gasteiger partial charge in [-0.25, -0.2) is 4.79 Å². The second kappa shape index (κ2) is 7.17. The third kappa shape index (κ3) is 4.93. The lowest BCUT2D eigenvalue weighted by atomic mass is 10.00. The number of rotatable bonds is 5. The van der Waals surface area contributed by atoms with Crippen molar-refractivity contribution in [2.24, 2.45) is 5.92 Å². The van der Waals surface area contributed by atoms with E-state index >= 15 is 0 Å². The van der Waals surface area contributed by atoms with Crippen LogP contribution in [0, 0.1) is 5.92 Å². The Labute approximate surface area is 115 Å². The number of ether oxygens (including phenoxy) is 1. The van der Waals surface area contributed by atoms with Gasteiger partial charge in [0, 0.05) is 6.04 Å². The van der Waals surface area contributed by atoms with Crippen molar-refractivity contribution >= 4 is 6.09 Å². The van der Waals surface area contributed by atoms with Crippen molar-refractivity contribution in [3.8, 4) is 0 Å². The second-order valence-corrected chi connectivity index (χ2v) is 5.49. The van der Waals surface area contributed by atoms with Crippen molar-refractivity contribution < 1.29 is 9.53 Å². The lowest BCUT2D eigenvalue weighted by Crippen LogP contribution is -2.34. The molecule has 0 spiro atoms. The molecule has 2 rings (SSSR count). The molecule has 1 N–H and O–H groups in total. The number of benzene rings is 1. The summed E-state index contributed by atoms with van der Waals surface area (Å²) in [4.78, 5) is 11.7. The van der Waals surface area contributed by atoms with E-state index in [2.05, 4.69) is 12.2 Å². The number of nitrogens with one attached hydrogen (secondary N) is 1. The van der Waals surface area contributed by atoms with Gasteiger partial charge in [-0.05, 0) is 24.8 Å². The molecule has 104 valence electrons. The predicted octanol–water partition coefficient (Wildman–Crippen LogP) is 3.88. The molecule has 1 atom stereocenters. The van der Waals surface area contributed by atoms with Crippen LogP contribution in [0.25, 0.3) is 0 Å². The van der Waals surface area contributed by atoms with E-state index in [-0.39, 0.29) is 12.1 Å². The number of carbonyl (C=O) groups excluding carboxylic acids is 1. The maximum absolute atomic E-state index is 11.7. The van der Waals surface area contributed by atoms with Crippen LogP contribution in [0.2, 0.25) is 0 Å². The van der Waals surface area contributed by atoms with Crippen LogP contribution in [0.1, 0.15) is 44.6 Å². The van der Waals surface area contributed by atoms with Crippen LogP contribution < -0.4 is 5.32 Å². The van der Waals surface area contributed by atoms with Crippen molar-refractivity contribution in [1.82, 2.24) is 5.32 Å². The molecule has 1 fully saturated rings. The molecule has 0 bridgehead atoms. The summed E-state index contributed by atoms with van der Waals surface area (Å²) in [5.74, 6) is 0.782. The maximum Gasteiger partial charge on any atom is 0.407 e. The van der Waals surface area contributed by atoms with Gasteiger partial charge in [-0.3, -0.25) is 0 Å². The summed E-state index contributed by atoms with van der Waals surface area (Å²) < 4.78 is 5.21. The molecule has 1 aromatic carbocycles. The smallest absolute Gasteiger partial charge is 0.407 e. The lowest BCUT2D eigenvalue weighted by molar-refractivity contribution is 0.135. The first kappa shape index (κ1) is 13.9. The molecule has 3 heteroatoms. The maximum atomic E-state index is 11.7. The van der Waals surface area contributed by atoms with E-state index < -0.39 is 0 Å². The first-order chi connectivity index (χ1) is 9.24. The fourth-order valence-electron chi connectivity index (χ4n) is 2.77. The molecule has 0 heterocycles. The fraction of sp³-hybridized carbons (Fsp3) is 0.562. The third-order valence-electron chi connectivity index (χ3n) is 3.74. The largest absolute Gasteiger partial charge is 0.445 e. The Hall–Kier alpha value is -1.51. The highest BCUT2D eigenvalue weighted by Crippen LogP contribution is 2.28. The van der Waals surface area contributed by atoms with Gasteiger partial charge in [0.1, 0.15) is 6.61 Å². The molecule has 0 aromatic heterocycles. The van der Waals surface area contributed by atoms with Crippen LogP contribution in [0.15, 0.2) is 30.3 Å². The van der Waals surface area contributed by atoms with Crippen LogP contribution >= 0.6 is 0 Å². The molecular formula is C16H23NO2. The van der Waals surface area contributed by atoms with Crippen molar-refractivity contribution in [2.45, 2.75) is 51.7 Å². The van der Waals surface area contributed by atoms with Gasteiger partial charge in [-0.1, -0.05) is 56.0 Å². The summed E-state index contributed by atoms with van der Waals surface area (Å²) in [6.45, 7) is 2.39. The number of carbonyl (C=O) groups is 1. The zero-order valence-electron chi connectivity index (χ0n) is 11.6. The Balaban J connectivity index is 1.66. The van der Waals surface area contributed by atoms with Crippen LogP contribution in [0.3, 0.4) is 0 Å². The molecule has 1 aromatic rings. The highest BCUT2D eigenvalue weighted by Gasteiger charge is 2.19. The van der Waals surface area contributed by atoms with E-state index in [1.807, 2.05) is 30.3 Å². The van der Waals surface area contributed by atoms with Crippen molar-refractivity contribution in [3.63, 3.8) is 0 Å². The normalized spacial score (nSPS) is 17.1. The van der Waals surface area contributed by atoms with E-state index in [0.29, 0.717) is 6.61 Å². The summed E-state index contributed by atoms with van der Waals surface area (Å²) in [6, 6.07) is 9.95. The molecule has 0 saturated heterocycles. The second-order valence-electron chi connectivity index (χ2n) is 5.49. The van der Waals surface area contributed by atoms with E-state index in [0.717, 1.165) is 17.9 Å². The minimum absolute atomic E-state index is 0.200. The van der Waals surface area contributed by atoms with Crippen LogP contribution in [0.5, 0.6) is 0 Å². The summed E-state index contributed by atoms with van der Waals surface area (Å²) in [7, 11) is 0. The summed E-state index contributed by atoms with van der Waals surface area (Å²) in [6.07, 6.45) is 6.07. The van der Waals surface area contributed by atoms with E-state index in [4.69, 9.17) is 4.74 Å². The molecule has 1 amide bonds. The fourth-order valence-corrected chi connectivity index (χ4v) is 2.77. The Morgan fingerprint density at radius 2 is 2.00 bits per heavy atom. The first-order valence-electron chi connectivity index (χ1n) is 7.21. The highest BCUT2D eigenvalue weighted by atomic mass is 16.5. The average Bonchev–Trinajstić information content (AvgIpc) is 2.90. The van der Waals surface area contributed by atoms with Crippen LogP contribution in [-0.2, 0) is 11.3 Å². The van der Waals surface area contributed by atoms with Crippen LogP contribution in [0.4, 0.5) is 4.79 Å². The minimum Gasteiger partial charge on any atom is -0.445 e. The van der Waals surface area contributed by atoms with Gasteiger partial charge < -0.3 is 10.1 Å². The van der Waals surface area contributed by atoms with Crippen molar-refractivity contribution in [1.29, 1.82) is 0 Å². The molecule has 1 aliphatic carbocycles. The van der Waals surface area contributed by atoms with Gasteiger partial charge in [0.15, 0.2) is 0 Å². The monoisotopic (exact) mass is 261 g/mol. The number of hydrogen-bond donors (Lipinski definition) is 1.